The first-order valence-corrected chi connectivity index (χ1v) is 6.65. The molecule has 0 bridgehead atoms. The summed E-state index contributed by atoms with van der Waals surface area (Å²) in [5, 5.41) is 0. The number of sulfonamides is 1. The first-order valence-electron chi connectivity index (χ1n) is 4.46. The first-order chi connectivity index (χ1) is 5.89. The molecule has 0 spiro atoms. The van der Waals surface area contributed by atoms with Crippen LogP contribution in [0, 0.1) is 0 Å². The van der Waals surface area contributed by atoms with Crippen molar-refractivity contribution in [3.63, 3.8) is 0 Å². The van der Waals surface area contributed by atoms with E-state index in [4.69, 9.17) is 11.6 Å². The second-order valence-electron chi connectivity index (χ2n) is 3.36. The molecule has 5 heteroatoms. The van der Waals surface area contributed by atoms with Gasteiger partial charge in [-0.2, -0.15) is 0 Å². The van der Waals surface area contributed by atoms with Crippen LogP contribution in [0.1, 0.15) is 33.6 Å². The predicted molar refractivity (Wildman–Crippen MR) is 56.6 cm³/mol. The number of halogens is 1. The van der Waals surface area contributed by atoms with Crippen molar-refractivity contribution >= 4 is 21.6 Å². The van der Waals surface area contributed by atoms with Crippen molar-refractivity contribution in [2.24, 2.45) is 0 Å². The van der Waals surface area contributed by atoms with E-state index < -0.39 is 15.6 Å². The van der Waals surface area contributed by atoms with Crippen LogP contribution in [0.4, 0.5) is 0 Å². The summed E-state index contributed by atoms with van der Waals surface area (Å²) in [5.41, 5.74) is -0.392. The maximum Gasteiger partial charge on any atom is 0.211 e. The van der Waals surface area contributed by atoms with Crippen LogP contribution in [0.5, 0.6) is 0 Å². The third kappa shape index (κ3) is 4.84. The Balaban J connectivity index is 4.44. The zero-order valence-electron chi connectivity index (χ0n) is 8.43. The van der Waals surface area contributed by atoms with Crippen molar-refractivity contribution in [3.05, 3.63) is 0 Å². The summed E-state index contributed by atoms with van der Waals surface area (Å²) >= 11 is 5.60. The zero-order chi connectivity index (χ0) is 10.5. The summed E-state index contributed by atoms with van der Waals surface area (Å²) in [5.74, 6) is 0.585. The van der Waals surface area contributed by atoms with Crippen LogP contribution in [0.25, 0.3) is 0 Å². The van der Waals surface area contributed by atoms with Crippen molar-refractivity contribution < 1.29 is 8.42 Å². The van der Waals surface area contributed by atoms with Crippen LogP contribution >= 0.6 is 11.6 Å². The molecule has 1 atom stereocenters. The summed E-state index contributed by atoms with van der Waals surface area (Å²) in [4.78, 5) is 0. The molecule has 0 aliphatic heterocycles. The van der Waals surface area contributed by atoms with Gasteiger partial charge in [-0.15, -0.1) is 11.6 Å². The van der Waals surface area contributed by atoms with Crippen molar-refractivity contribution in [1.82, 2.24) is 4.72 Å². The van der Waals surface area contributed by atoms with Crippen LogP contribution in [0.15, 0.2) is 0 Å². The minimum Gasteiger partial charge on any atom is -0.212 e. The Hall–Kier alpha value is 0.200. The van der Waals surface area contributed by atoms with Crippen LogP contribution in [0.2, 0.25) is 0 Å². The Bertz CT molecular complexity index is 241. The van der Waals surface area contributed by atoms with E-state index in [2.05, 4.69) is 4.72 Å². The molecule has 0 aromatic rings. The Morgan fingerprint density at radius 1 is 1.38 bits per heavy atom. The molecule has 0 aromatic carbocycles. The maximum absolute atomic E-state index is 11.3. The first kappa shape index (κ1) is 13.2. The highest BCUT2D eigenvalue weighted by Gasteiger charge is 2.26. The Morgan fingerprint density at radius 2 is 1.92 bits per heavy atom. The SMILES string of the molecule is CCC(C)(CCCl)NS(=O)(=O)CC. The Labute approximate surface area is 85.9 Å². The highest BCUT2D eigenvalue weighted by Crippen LogP contribution is 2.16. The van der Waals surface area contributed by atoms with Gasteiger partial charge in [0.25, 0.3) is 0 Å². The lowest BCUT2D eigenvalue weighted by atomic mass is 9.97. The van der Waals surface area contributed by atoms with Crippen molar-refractivity contribution in [1.29, 1.82) is 0 Å². The van der Waals surface area contributed by atoms with E-state index in [0.717, 1.165) is 6.42 Å². The number of alkyl halides is 1. The van der Waals surface area contributed by atoms with Gasteiger partial charge in [0.1, 0.15) is 0 Å². The molecular weight excluding hydrogens is 210 g/mol. The molecule has 0 fully saturated rings. The largest absolute Gasteiger partial charge is 0.212 e. The van der Waals surface area contributed by atoms with E-state index in [1.807, 2.05) is 13.8 Å². The molecule has 0 aromatic heterocycles. The van der Waals surface area contributed by atoms with Gasteiger partial charge in [0, 0.05) is 11.4 Å². The van der Waals surface area contributed by atoms with E-state index >= 15 is 0 Å². The third-order valence-electron chi connectivity index (χ3n) is 2.21. The highest BCUT2D eigenvalue weighted by molar-refractivity contribution is 7.89. The summed E-state index contributed by atoms with van der Waals surface area (Å²) < 4.78 is 25.2. The monoisotopic (exact) mass is 227 g/mol. The summed E-state index contributed by atoms with van der Waals surface area (Å²) in [6.45, 7) is 5.45. The fourth-order valence-corrected chi connectivity index (χ4v) is 2.51. The summed E-state index contributed by atoms with van der Waals surface area (Å²) in [6.07, 6.45) is 1.41. The number of hydrogen-bond donors (Lipinski definition) is 1. The van der Waals surface area contributed by atoms with Crippen LogP contribution < -0.4 is 4.72 Å². The van der Waals surface area contributed by atoms with E-state index in [-0.39, 0.29) is 5.75 Å². The topological polar surface area (TPSA) is 46.2 Å². The smallest absolute Gasteiger partial charge is 0.211 e. The molecule has 0 aliphatic carbocycles. The van der Waals surface area contributed by atoms with E-state index in [9.17, 15) is 8.42 Å². The molecule has 80 valence electrons. The highest BCUT2D eigenvalue weighted by atomic mass is 35.5. The number of nitrogens with one attached hydrogen (secondary N) is 1. The van der Waals surface area contributed by atoms with Gasteiger partial charge in [0.2, 0.25) is 10.0 Å². The van der Waals surface area contributed by atoms with Crippen molar-refractivity contribution in [3.8, 4) is 0 Å². The number of rotatable bonds is 6. The fourth-order valence-electron chi connectivity index (χ4n) is 0.956. The number of hydrogen-bond acceptors (Lipinski definition) is 2. The van der Waals surface area contributed by atoms with Crippen LogP contribution in [-0.4, -0.2) is 25.6 Å². The predicted octanol–water partition coefficient (Wildman–Crippen LogP) is 1.72. The van der Waals surface area contributed by atoms with Gasteiger partial charge < -0.3 is 0 Å². The molecule has 1 unspecified atom stereocenters. The lowest BCUT2D eigenvalue weighted by Gasteiger charge is -2.28. The Morgan fingerprint density at radius 3 is 2.23 bits per heavy atom. The van der Waals surface area contributed by atoms with Crippen molar-refractivity contribution in [2.45, 2.75) is 39.2 Å². The van der Waals surface area contributed by atoms with Gasteiger partial charge in [-0.3, -0.25) is 0 Å². The average Bonchev–Trinajstić information content (AvgIpc) is 2.04. The quantitative estimate of drug-likeness (QED) is 0.703. The third-order valence-corrected chi connectivity index (χ3v) is 3.96. The van der Waals surface area contributed by atoms with Crippen LogP contribution in [0.3, 0.4) is 0 Å². The summed E-state index contributed by atoms with van der Waals surface area (Å²) in [6, 6.07) is 0. The second kappa shape index (κ2) is 5.17. The van der Waals surface area contributed by atoms with Gasteiger partial charge in [-0.1, -0.05) is 6.92 Å². The normalized spacial score (nSPS) is 16.9. The van der Waals surface area contributed by atoms with Crippen molar-refractivity contribution in [2.75, 3.05) is 11.6 Å². The summed E-state index contributed by atoms with van der Waals surface area (Å²) in [7, 11) is -3.12. The molecule has 3 nitrogen and oxygen atoms in total. The fraction of sp³-hybridized carbons (Fsp3) is 1.00. The van der Waals surface area contributed by atoms with Gasteiger partial charge in [0.05, 0.1) is 5.75 Å². The zero-order valence-corrected chi connectivity index (χ0v) is 10.0. The van der Waals surface area contributed by atoms with E-state index in [1.54, 1.807) is 6.92 Å². The Kier molecular flexibility index (Phi) is 5.25. The molecule has 1 N–H and O–H groups in total. The molecule has 0 saturated carbocycles. The molecule has 0 saturated heterocycles. The minimum absolute atomic E-state index is 0.116. The molecule has 0 aliphatic rings. The van der Waals surface area contributed by atoms with Crippen LogP contribution in [-0.2, 0) is 10.0 Å². The van der Waals surface area contributed by atoms with Gasteiger partial charge >= 0.3 is 0 Å². The van der Waals surface area contributed by atoms with E-state index in [1.165, 1.54) is 0 Å². The van der Waals surface area contributed by atoms with Gasteiger partial charge in [-0.25, -0.2) is 13.1 Å². The lowest BCUT2D eigenvalue weighted by Crippen LogP contribution is -2.46. The average molecular weight is 228 g/mol. The minimum atomic E-state index is -3.12. The molecule has 0 amide bonds. The second-order valence-corrected chi connectivity index (χ2v) is 5.75. The van der Waals surface area contributed by atoms with Gasteiger partial charge in [0.15, 0.2) is 0 Å². The lowest BCUT2D eigenvalue weighted by molar-refractivity contribution is 0.391. The standard InChI is InChI=1S/C8H18ClNO2S/c1-4-8(3,6-7-9)10-13(11,12)5-2/h10H,4-7H2,1-3H3. The van der Waals surface area contributed by atoms with E-state index in [0.29, 0.717) is 12.3 Å². The molecular formula is C8H18ClNO2S. The van der Waals surface area contributed by atoms with Gasteiger partial charge in [-0.05, 0) is 26.7 Å². The maximum atomic E-state index is 11.3. The molecule has 0 heterocycles. The molecule has 0 rings (SSSR count). The molecule has 0 radical (unpaired) electrons. The molecule has 13 heavy (non-hydrogen) atoms.